The minimum absolute atomic E-state index is 0.151. The second kappa shape index (κ2) is 3.89. The molecule has 0 radical (unpaired) electrons. The molecule has 0 aromatic carbocycles. The molecule has 0 aliphatic carbocycles. The van der Waals surface area contributed by atoms with Gasteiger partial charge in [0.1, 0.15) is 0 Å². The molecule has 3 heteroatoms. The zero-order valence-electron chi connectivity index (χ0n) is 9.85. The van der Waals surface area contributed by atoms with Crippen LogP contribution in [0.15, 0.2) is 11.6 Å². The van der Waals surface area contributed by atoms with E-state index < -0.39 is 8.07 Å². The third-order valence-corrected chi connectivity index (χ3v) is 4.71. The molecule has 14 heavy (non-hydrogen) atoms. The van der Waals surface area contributed by atoms with Crippen molar-refractivity contribution >= 4 is 14.0 Å². The molecular weight excluding hydrogens is 190 g/mol. The molecule has 1 rings (SSSR count). The SMILES string of the molecule is CC(C)CC=C1C(=O)NC1[Si](C)(C)C. The van der Waals surface area contributed by atoms with Gasteiger partial charge < -0.3 is 5.32 Å². The number of amides is 1. The third-order valence-electron chi connectivity index (χ3n) is 2.52. The number of carbonyl (C=O) groups is 1. The maximum absolute atomic E-state index is 11.3. The van der Waals surface area contributed by atoms with Crippen molar-refractivity contribution in [1.29, 1.82) is 0 Å². The second-order valence-corrected chi connectivity index (χ2v) is 10.9. The Labute approximate surface area is 87.8 Å². The van der Waals surface area contributed by atoms with Gasteiger partial charge in [-0.2, -0.15) is 0 Å². The summed E-state index contributed by atoms with van der Waals surface area (Å²) in [6.07, 6.45) is 3.15. The minimum Gasteiger partial charge on any atom is -0.348 e. The molecule has 0 saturated carbocycles. The van der Waals surface area contributed by atoms with E-state index in [0.29, 0.717) is 11.6 Å². The van der Waals surface area contributed by atoms with E-state index in [1.165, 1.54) is 0 Å². The van der Waals surface area contributed by atoms with Crippen LogP contribution in [0.5, 0.6) is 0 Å². The number of allylic oxidation sites excluding steroid dienone is 1. The standard InChI is InChI=1S/C11H21NOSi/c1-8(2)6-7-9-10(13)12-11(9)14(3,4)5/h7-8,11H,6H2,1-5H3,(H,12,13). The maximum atomic E-state index is 11.3. The second-order valence-electron chi connectivity index (χ2n) is 5.56. The molecule has 1 fully saturated rings. The first kappa shape index (κ1) is 11.5. The third kappa shape index (κ3) is 2.47. The summed E-state index contributed by atoms with van der Waals surface area (Å²) in [4.78, 5) is 11.3. The Kier molecular flexibility index (Phi) is 3.19. The van der Waals surface area contributed by atoms with Crippen molar-refractivity contribution in [2.75, 3.05) is 0 Å². The average Bonchev–Trinajstić information content (AvgIpc) is 1.97. The van der Waals surface area contributed by atoms with Gasteiger partial charge in [0.2, 0.25) is 5.91 Å². The van der Waals surface area contributed by atoms with Crippen molar-refractivity contribution in [2.45, 2.75) is 45.6 Å². The quantitative estimate of drug-likeness (QED) is 0.433. The summed E-state index contributed by atoms with van der Waals surface area (Å²) in [5.74, 6) is 0.788. The average molecular weight is 211 g/mol. The fourth-order valence-corrected chi connectivity index (χ4v) is 3.35. The molecule has 80 valence electrons. The Balaban J connectivity index is 2.67. The molecule has 1 saturated heterocycles. The predicted octanol–water partition coefficient (Wildman–Crippen LogP) is 2.33. The molecule has 0 bridgehead atoms. The zero-order valence-corrected chi connectivity index (χ0v) is 10.8. The molecule has 0 spiro atoms. The molecule has 0 aromatic heterocycles. The highest BCUT2D eigenvalue weighted by Gasteiger charge is 2.41. The van der Waals surface area contributed by atoms with Gasteiger partial charge in [-0.3, -0.25) is 4.79 Å². The summed E-state index contributed by atoms with van der Waals surface area (Å²) in [5.41, 5.74) is 1.42. The lowest BCUT2D eigenvalue weighted by Gasteiger charge is -2.39. The molecule has 1 N–H and O–H groups in total. The van der Waals surface area contributed by atoms with Crippen LogP contribution < -0.4 is 5.32 Å². The van der Waals surface area contributed by atoms with Crippen molar-refractivity contribution in [3.8, 4) is 0 Å². The van der Waals surface area contributed by atoms with Gasteiger partial charge in [0.25, 0.3) is 0 Å². The van der Waals surface area contributed by atoms with Crippen LogP contribution in [-0.4, -0.2) is 19.6 Å². The van der Waals surface area contributed by atoms with E-state index in [2.05, 4.69) is 44.9 Å². The number of β-lactam (4-membered cyclic amide) rings is 1. The van der Waals surface area contributed by atoms with Gasteiger partial charge in [-0.15, -0.1) is 0 Å². The highest BCUT2D eigenvalue weighted by atomic mass is 28.3. The Morgan fingerprint density at radius 2 is 2.00 bits per heavy atom. The smallest absolute Gasteiger partial charge is 0.248 e. The molecular formula is C11H21NOSi. The van der Waals surface area contributed by atoms with Gasteiger partial charge in [-0.25, -0.2) is 0 Å². The van der Waals surface area contributed by atoms with E-state index in [1.54, 1.807) is 0 Å². The van der Waals surface area contributed by atoms with Crippen LogP contribution in [0.3, 0.4) is 0 Å². The van der Waals surface area contributed by atoms with Gasteiger partial charge in [0.05, 0.1) is 13.7 Å². The number of hydrogen-bond donors (Lipinski definition) is 1. The zero-order chi connectivity index (χ0) is 10.9. The van der Waals surface area contributed by atoms with E-state index in [-0.39, 0.29) is 5.91 Å². The van der Waals surface area contributed by atoms with Gasteiger partial charge in [0.15, 0.2) is 0 Å². The molecule has 0 aromatic rings. The first-order valence-electron chi connectivity index (χ1n) is 5.33. The molecule has 1 atom stereocenters. The van der Waals surface area contributed by atoms with Crippen LogP contribution in [-0.2, 0) is 4.79 Å². The lowest BCUT2D eigenvalue weighted by Crippen LogP contribution is -2.63. The van der Waals surface area contributed by atoms with E-state index >= 15 is 0 Å². The van der Waals surface area contributed by atoms with Gasteiger partial charge in [-0.05, 0) is 12.3 Å². The first-order chi connectivity index (χ1) is 6.32. The Morgan fingerprint density at radius 3 is 2.36 bits per heavy atom. The van der Waals surface area contributed by atoms with E-state index in [1.807, 2.05) is 0 Å². The molecule has 1 heterocycles. The Morgan fingerprint density at radius 1 is 1.43 bits per heavy atom. The summed E-state index contributed by atoms with van der Waals surface area (Å²) in [6.45, 7) is 11.2. The summed E-state index contributed by atoms with van der Waals surface area (Å²) < 4.78 is 0. The monoisotopic (exact) mass is 211 g/mol. The van der Waals surface area contributed by atoms with Crippen LogP contribution in [0.1, 0.15) is 20.3 Å². The van der Waals surface area contributed by atoms with Gasteiger partial charge >= 0.3 is 0 Å². The lowest BCUT2D eigenvalue weighted by molar-refractivity contribution is -0.121. The number of carbonyl (C=O) groups excluding carboxylic acids is 1. The highest BCUT2D eigenvalue weighted by Crippen LogP contribution is 2.24. The number of hydrogen-bond acceptors (Lipinski definition) is 1. The minimum atomic E-state index is -1.25. The van der Waals surface area contributed by atoms with Crippen LogP contribution in [0.25, 0.3) is 0 Å². The van der Waals surface area contributed by atoms with Gasteiger partial charge in [0, 0.05) is 5.57 Å². The largest absolute Gasteiger partial charge is 0.348 e. The van der Waals surface area contributed by atoms with Crippen molar-refractivity contribution < 1.29 is 4.79 Å². The predicted molar refractivity (Wildman–Crippen MR) is 62.8 cm³/mol. The van der Waals surface area contributed by atoms with Crippen molar-refractivity contribution in [2.24, 2.45) is 5.92 Å². The van der Waals surface area contributed by atoms with Crippen molar-refractivity contribution in [3.63, 3.8) is 0 Å². The fraction of sp³-hybridized carbons (Fsp3) is 0.727. The van der Waals surface area contributed by atoms with E-state index in [9.17, 15) is 4.79 Å². The Bertz CT molecular complexity index is 263. The normalized spacial score (nSPS) is 25.1. The summed E-state index contributed by atoms with van der Waals surface area (Å²) in [6, 6.07) is 0. The molecule has 2 nitrogen and oxygen atoms in total. The summed E-state index contributed by atoms with van der Waals surface area (Å²) in [7, 11) is -1.25. The number of nitrogens with one attached hydrogen (secondary N) is 1. The van der Waals surface area contributed by atoms with Gasteiger partial charge in [-0.1, -0.05) is 39.6 Å². The van der Waals surface area contributed by atoms with E-state index in [4.69, 9.17) is 0 Å². The number of rotatable bonds is 3. The lowest BCUT2D eigenvalue weighted by atomic mass is 10.0. The van der Waals surface area contributed by atoms with Crippen LogP contribution in [0.2, 0.25) is 19.6 Å². The van der Waals surface area contributed by atoms with Crippen molar-refractivity contribution in [1.82, 2.24) is 5.32 Å². The first-order valence-corrected chi connectivity index (χ1v) is 8.91. The fourth-order valence-electron chi connectivity index (χ4n) is 1.60. The Hall–Kier alpha value is -0.573. The van der Waals surface area contributed by atoms with Crippen LogP contribution >= 0.6 is 0 Å². The molecule has 1 aliphatic rings. The van der Waals surface area contributed by atoms with Crippen molar-refractivity contribution in [3.05, 3.63) is 11.6 Å². The molecule has 1 aliphatic heterocycles. The highest BCUT2D eigenvalue weighted by molar-refractivity contribution is 6.79. The van der Waals surface area contributed by atoms with E-state index in [0.717, 1.165) is 12.0 Å². The molecule has 1 amide bonds. The molecule has 1 unspecified atom stereocenters. The maximum Gasteiger partial charge on any atom is 0.248 e. The van der Waals surface area contributed by atoms with Crippen LogP contribution in [0, 0.1) is 5.92 Å². The summed E-state index contributed by atoms with van der Waals surface area (Å²) >= 11 is 0. The summed E-state index contributed by atoms with van der Waals surface area (Å²) in [5, 5.41) is 3.01. The topological polar surface area (TPSA) is 29.1 Å². The van der Waals surface area contributed by atoms with Crippen LogP contribution in [0.4, 0.5) is 0 Å².